The van der Waals surface area contributed by atoms with Crippen molar-refractivity contribution in [2.24, 2.45) is 0 Å². The minimum atomic E-state index is 0.608. The topological polar surface area (TPSA) is 85.1 Å². The van der Waals surface area contributed by atoms with E-state index in [9.17, 15) is 0 Å². The van der Waals surface area contributed by atoms with E-state index in [0.29, 0.717) is 13.2 Å². The number of tetrazole rings is 1. The van der Waals surface area contributed by atoms with Gasteiger partial charge in [0.15, 0.2) is 5.82 Å². The van der Waals surface area contributed by atoms with Crippen molar-refractivity contribution in [3.63, 3.8) is 0 Å². The molecular weight excluding hydrogens is 284 g/mol. The molecule has 0 aromatic carbocycles. The molecule has 0 aliphatic carbocycles. The van der Waals surface area contributed by atoms with Crippen molar-refractivity contribution in [2.75, 3.05) is 44.8 Å². The van der Waals surface area contributed by atoms with Gasteiger partial charge in [-0.05, 0) is 16.5 Å². The van der Waals surface area contributed by atoms with Gasteiger partial charge in [0.25, 0.3) is 0 Å². The highest BCUT2D eigenvalue weighted by Crippen LogP contribution is 2.11. The van der Waals surface area contributed by atoms with Crippen LogP contribution in [0.3, 0.4) is 0 Å². The van der Waals surface area contributed by atoms with Crippen molar-refractivity contribution in [1.82, 2.24) is 35.1 Å². The summed E-state index contributed by atoms with van der Waals surface area (Å²) in [4.78, 5) is 13.1. The summed E-state index contributed by atoms with van der Waals surface area (Å²) in [5.41, 5.74) is 0. The Morgan fingerprint density at radius 1 is 1.14 bits per heavy atom. The van der Waals surface area contributed by atoms with Gasteiger partial charge in [-0.25, -0.2) is 14.6 Å². The van der Waals surface area contributed by atoms with Crippen LogP contribution in [0.4, 0.5) is 5.95 Å². The third kappa shape index (κ3) is 3.55. The summed E-state index contributed by atoms with van der Waals surface area (Å²) in [6.07, 6.45) is 3.55. The molecule has 9 heteroatoms. The average Bonchev–Trinajstić information content (AvgIpc) is 3.01. The number of hydrogen-bond acceptors (Lipinski definition) is 8. The van der Waals surface area contributed by atoms with Crippen molar-refractivity contribution in [1.29, 1.82) is 0 Å². The van der Waals surface area contributed by atoms with Crippen molar-refractivity contribution in [3.8, 4) is 0 Å². The van der Waals surface area contributed by atoms with Gasteiger partial charge in [-0.1, -0.05) is 0 Å². The Bertz CT molecular complexity index is 566. The van der Waals surface area contributed by atoms with Gasteiger partial charge in [-0.15, -0.1) is 5.10 Å². The monoisotopic (exact) mass is 304 g/mol. The molecule has 3 rings (SSSR count). The van der Waals surface area contributed by atoms with Gasteiger partial charge in [0.1, 0.15) is 0 Å². The van der Waals surface area contributed by atoms with E-state index >= 15 is 0 Å². The smallest absolute Gasteiger partial charge is 0.225 e. The van der Waals surface area contributed by atoms with Gasteiger partial charge in [0.2, 0.25) is 5.95 Å². The molecule has 0 unspecified atom stereocenters. The van der Waals surface area contributed by atoms with E-state index < -0.39 is 0 Å². The number of rotatable bonds is 6. The standard InChI is InChI=1S/C13H20N8O/c1-22-10-9-21-12(16-17-18-21)11-19-5-7-20(8-6-19)13-14-3-2-4-15-13/h2-4H,5-11H2,1H3. The quantitative estimate of drug-likeness (QED) is 0.701. The Hall–Kier alpha value is -2.13. The third-order valence-electron chi connectivity index (χ3n) is 3.69. The molecule has 3 heterocycles. The fourth-order valence-corrected chi connectivity index (χ4v) is 2.45. The number of hydrogen-bond donors (Lipinski definition) is 0. The molecule has 0 bridgehead atoms. The molecule has 118 valence electrons. The van der Waals surface area contributed by atoms with Gasteiger partial charge < -0.3 is 9.64 Å². The van der Waals surface area contributed by atoms with E-state index in [2.05, 4.69) is 35.3 Å². The Kier molecular flexibility index (Phi) is 4.86. The minimum Gasteiger partial charge on any atom is -0.383 e. The minimum absolute atomic E-state index is 0.608. The van der Waals surface area contributed by atoms with E-state index in [1.165, 1.54) is 0 Å². The molecule has 1 aliphatic rings. The fourth-order valence-electron chi connectivity index (χ4n) is 2.45. The normalized spacial score (nSPS) is 16.1. The van der Waals surface area contributed by atoms with Crippen LogP contribution >= 0.6 is 0 Å². The van der Waals surface area contributed by atoms with Crippen LogP contribution in [0.5, 0.6) is 0 Å². The number of ether oxygens (including phenoxy) is 1. The summed E-state index contributed by atoms with van der Waals surface area (Å²) in [6.45, 7) is 5.73. The molecule has 0 N–H and O–H groups in total. The van der Waals surface area contributed by atoms with Crippen LogP contribution in [-0.4, -0.2) is 75.0 Å². The summed E-state index contributed by atoms with van der Waals surface area (Å²) in [5.74, 6) is 1.67. The van der Waals surface area contributed by atoms with Crippen LogP contribution in [0, 0.1) is 0 Å². The van der Waals surface area contributed by atoms with Crippen LogP contribution in [0.15, 0.2) is 18.5 Å². The molecular formula is C13H20N8O. The second-order valence-electron chi connectivity index (χ2n) is 5.12. The average molecular weight is 304 g/mol. The van der Waals surface area contributed by atoms with E-state index in [1.807, 2.05) is 6.07 Å². The molecule has 22 heavy (non-hydrogen) atoms. The maximum absolute atomic E-state index is 5.07. The zero-order chi connectivity index (χ0) is 15.2. The van der Waals surface area contributed by atoms with Crippen molar-refractivity contribution < 1.29 is 4.74 Å². The second kappa shape index (κ2) is 7.23. The first kappa shape index (κ1) is 14.8. The fraction of sp³-hybridized carbons (Fsp3) is 0.615. The molecule has 0 atom stereocenters. The summed E-state index contributed by atoms with van der Waals surface area (Å²) in [6, 6.07) is 1.83. The highest BCUT2D eigenvalue weighted by molar-refractivity contribution is 5.29. The molecule has 0 saturated carbocycles. The molecule has 0 amide bonds. The van der Waals surface area contributed by atoms with Gasteiger partial charge in [-0.2, -0.15) is 0 Å². The molecule has 1 saturated heterocycles. The lowest BCUT2D eigenvalue weighted by Gasteiger charge is -2.34. The summed E-state index contributed by atoms with van der Waals surface area (Å²) in [5, 5.41) is 11.9. The molecule has 9 nitrogen and oxygen atoms in total. The molecule has 1 fully saturated rings. The van der Waals surface area contributed by atoms with E-state index in [1.54, 1.807) is 24.2 Å². The molecule has 2 aromatic heterocycles. The summed E-state index contributed by atoms with van der Waals surface area (Å²) < 4.78 is 6.87. The van der Waals surface area contributed by atoms with Crippen LogP contribution in [-0.2, 0) is 17.8 Å². The predicted octanol–water partition coefficient (Wildman–Crippen LogP) is -0.568. The number of piperazine rings is 1. The maximum atomic E-state index is 5.07. The number of nitrogens with zero attached hydrogens (tertiary/aromatic N) is 8. The van der Waals surface area contributed by atoms with Gasteiger partial charge in [0.05, 0.1) is 19.7 Å². The predicted molar refractivity (Wildman–Crippen MR) is 79.2 cm³/mol. The first-order valence-electron chi connectivity index (χ1n) is 7.35. The van der Waals surface area contributed by atoms with Gasteiger partial charge >= 0.3 is 0 Å². The number of methoxy groups -OCH3 is 1. The van der Waals surface area contributed by atoms with Gasteiger partial charge in [-0.3, -0.25) is 4.90 Å². The second-order valence-corrected chi connectivity index (χ2v) is 5.12. The lowest BCUT2D eigenvalue weighted by atomic mass is 10.3. The Morgan fingerprint density at radius 3 is 2.64 bits per heavy atom. The highest BCUT2D eigenvalue weighted by Gasteiger charge is 2.20. The summed E-state index contributed by atoms with van der Waals surface area (Å²) in [7, 11) is 1.68. The molecule has 0 spiro atoms. The lowest BCUT2D eigenvalue weighted by molar-refractivity contribution is 0.178. The number of anilines is 1. The van der Waals surface area contributed by atoms with Crippen molar-refractivity contribution in [3.05, 3.63) is 24.3 Å². The van der Waals surface area contributed by atoms with Crippen LogP contribution in [0.25, 0.3) is 0 Å². The van der Waals surface area contributed by atoms with Crippen LogP contribution in [0.2, 0.25) is 0 Å². The lowest BCUT2D eigenvalue weighted by Crippen LogP contribution is -2.46. The maximum Gasteiger partial charge on any atom is 0.225 e. The van der Waals surface area contributed by atoms with Crippen LogP contribution in [0.1, 0.15) is 5.82 Å². The zero-order valence-electron chi connectivity index (χ0n) is 12.7. The van der Waals surface area contributed by atoms with E-state index in [-0.39, 0.29) is 0 Å². The van der Waals surface area contributed by atoms with Crippen molar-refractivity contribution in [2.45, 2.75) is 13.1 Å². The first-order valence-corrected chi connectivity index (χ1v) is 7.35. The van der Waals surface area contributed by atoms with Crippen molar-refractivity contribution >= 4 is 5.95 Å². The van der Waals surface area contributed by atoms with E-state index in [4.69, 9.17) is 4.74 Å². The number of aromatic nitrogens is 6. The zero-order valence-corrected chi connectivity index (χ0v) is 12.7. The largest absolute Gasteiger partial charge is 0.383 e. The highest BCUT2D eigenvalue weighted by atomic mass is 16.5. The van der Waals surface area contributed by atoms with Crippen LogP contribution < -0.4 is 4.90 Å². The SMILES string of the molecule is COCCn1nnnc1CN1CCN(c2ncccn2)CC1. The summed E-state index contributed by atoms with van der Waals surface area (Å²) >= 11 is 0. The van der Waals surface area contributed by atoms with E-state index in [0.717, 1.165) is 44.5 Å². The Balaban J connectivity index is 1.53. The molecule has 0 radical (unpaired) electrons. The Morgan fingerprint density at radius 2 is 1.91 bits per heavy atom. The van der Waals surface area contributed by atoms with Gasteiger partial charge in [0, 0.05) is 45.7 Å². The molecule has 1 aliphatic heterocycles. The first-order chi connectivity index (χ1) is 10.9. The Labute approximate surface area is 128 Å². The third-order valence-corrected chi connectivity index (χ3v) is 3.69. The molecule has 2 aromatic rings.